The number of aryl methyl sites for hydroxylation is 1. The van der Waals surface area contributed by atoms with Gasteiger partial charge in [0.15, 0.2) is 4.80 Å². The van der Waals surface area contributed by atoms with Gasteiger partial charge in [-0.2, -0.15) is 0 Å². The number of ether oxygens (including phenoxy) is 1. The fourth-order valence-electron chi connectivity index (χ4n) is 4.38. The number of halogens is 1. The smallest absolute Gasteiger partial charge is 0.338 e. The van der Waals surface area contributed by atoms with Crippen LogP contribution in [0, 0.1) is 6.92 Å². The monoisotopic (exact) mass is 507 g/mol. The number of rotatable bonds is 3. The molecule has 2 aliphatic rings. The number of carbonyl (C=O) groups excluding carboxylic acids is 2. The first-order valence-electron chi connectivity index (χ1n) is 11.1. The molecule has 3 aromatic rings. The highest BCUT2D eigenvalue weighted by Gasteiger charge is 2.35. The van der Waals surface area contributed by atoms with E-state index in [-0.39, 0.29) is 22.1 Å². The van der Waals surface area contributed by atoms with Crippen LogP contribution in [0.15, 0.2) is 63.5 Å². The molecule has 178 valence electrons. The van der Waals surface area contributed by atoms with Crippen LogP contribution in [0.5, 0.6) is 0 Å². The van der Waals surface area contributed by atoms with Crippen molar-refractivity contribution in [1.29, 1.82) is 0 Å². The van der Waals surface area contributed by atoms with Gasteiger partial charge in [-0.3, -0.25) is 14.2 Å². The van der Waals surface area contributed by atoms with Crippen LogP contribution in [0.3, 0.4) is 0 Å². The van der Waals surface area contributed by atoms with E-state index >= 15 is 0 Å². The minimum absolute atomic E-state index is 0.274. The zero-order chi connectivity index (χ0) is 25.0. The molecule has 1 amide bonds. The van der Waals surface area contributed by atoms with Gasteiger partial charge in [-0.05, 0) is 57.5 Å². The van der Waals surface area contributed by atoms with Gasteiger partial charge in [0.05, 0.1) is 29.0 Å². The van der Waals surface area contributed by atoms with Gasteiger partial charge in [0.2, 0.25) is 0 Å². The molecule has 9 heteroatoms. The molecule has 0 unspecified atom stereocenters. The van der Waals surface area contributed by atoms with Crippen LogP contribution >= 0.6 is 22.9 Å². The number of benzene rings is 2. The number of esters is 1. The number of thiazole rings is 1. The molecule has 0 radical (unpaired) electrons. The maximum Gasteiger partial charge on any atom is 0.338 e. The fourth-order valence-corrected chi connectivity index (χ4v) is 5.65. The molecular weight excluding hydrogens is 486 g/mol. The summed E-state index contributed by atoms with van der Waals surface area (Å²) in [6, 6.07) is 11.8. The second-order valence-corrected chi connectivity index (χ2v) is 10.2. The third-order valence-electron chi connectivity index (χ3n) is 5.89. The molecule has 1 aromatic heterocycles. The number of hydrogen-bond donors (Lipinski definition) is 1. The maximum atomic E-state index is 13.9. The van der Waals surface area contributed by atoms with Crippen LogP contribution in [-0.2, 0) is 14.3 Å². The Bertz CT molecular complexity index is 1610. The van der Waals surface area contributed by atoms with Crippen LogP contribution in [0.25, 0.3) is 5.57 Å². The molecule has 35 heavy (non-hydrogen) atoms. The van der Waals surface area contributed by atoms with Gasteiger partial charge in [0.1, 0.15) is 4.53 Å². The minimum Gasteiger partial charge on any atom is -0.459 e. The first-order chi connectivity index (χ1) is 16.7. The van der Waals surface area contributed by atoms with Gasteiger partial charge in [-0.25, -0.2) is 9.79 Å². The second kappa shape index (κ2) is 8.62. The third kappa shape index (κ3) is 3.92. The molecule has 0 saturated carbocycles. The van der Waals surface area contributed by atoms with Crippen LogP contribution in [0.1, 0.15) is 43.5 Å². The van der Waals surface area contributed by atoms with Crippen molar-refractivity contribution in [3.8, 4) is 0 Å². The lowest BCUT2D eigenvalue weighted by molar-refractivity contribution is -0.143. The van der Waals surface area contributed by atoms with E-state index < -0.39 is 17.6 Å². The van der Waals surface area contributed by atoms with Crippen molar-refractivity contribution in [2.75, 3.05) is 5.32 Å². The number of aromatic nitrogens is 1. The molecule has 2 aliphatic heterocycles. The van der Waals surface area contributed by atoms with Gasteiger partial charge in [0.25, 0.3) is 11.5 Å². The Balaban J connectivity index is 1.81. The number of anilines is 1. The number of fused-ring (bicyclic) bond motifs is 2. The second-order valence-electron chi connectivity index (χ2n) is 8.79. The first-order valence-corrected chi connectivity index (χ1v) is 12.3. The Kier molecular flexibility index (Phi) is 5.73. The lowest BCUT2D eigenvalue weighted by Crippen LogP contribution is -2.40. The highest BCUT2D eigenvalue weighted by Crippen LogP contribution is 2.33. The van der Waals surface area contributed by atoms with Gasteiger partial charge in [0, 0.05) is 16.3 Å². The van der Waals surface area contributed by atoms with Gasteiger partial charge in [-0.15, -0.1) is 0 Å². The largest absolute Gasteiger partial charge is 0.459 e. The number of carbonyl (C=O) groups is 2. The third-order valence-corrected chi connectivity index (χ3v) is 7.20. The van der Waals surface area contributed by atoms with Crippen molar-refractivity contribution in [1.82, 2.24) is 4.57 Å². The topological polar surface area (TPSA) is 89.8 Å². The number of allylic oxidation sites excluding steroid dienone is 1. The molecule has 1 N–H and O–H groups in total. The van der Waals surface area contributed by atoms with Gasteiger partial charge >= 0.3 is 5.97 Å². The molecule has 1 atom stereocenters. The van der Waals surface area contributed by atoms with E-state index in [0.717, 1.165) is 16.9 Å². The van der Waals surface area contributed by atoms with E-state index in [9.17, 15) is 14.4 Å². The van der Waals surface area contributed by atoms with Crippen LogP contribution in [0.2, 0.25) is 5.02 Å². The summed E-state index contributed by atoms with van der Waals surface area (Å²) in [6.07, 6.45) is -0.345. The molecule has 0 aliphatic carbocycles. The van der Waals surface area contributed by atoms with E-state index in [2.05, 4.69) is 10.3 Å². The average molecular weight is 508 g/mol. The standard InChI is InChI=1S/C26H22ClN3O4S/c1-12(2)34-25(33)19-14(4)28-26-30(21(19)15-6-8-16(27)9-7-15)24(32)22(35-26)20-17-11-13(3)5-10-18(17)29-23(20)31/h5-12,21H,1-4H3,(H,29,31)/b22-20-/t21-/m0/s1. The number of nitrogens with one attached hydrogen (secondary N) is 1. The molecule has 0 bridgehead atoms. The SMILES string of the molecule is CC1=C(C(=O)OC(C)C)[C@H](c2ccc(Cl)cc2)n2c(s/c(=C3\C(=O)Nc4ccc(C)cc43)c2=O)=N1. The molecule has 3 heterocycles. The molecule has 7 nitrogen and oxygen atoms in total. The Hall–Kier alpha value is -3.49. The van der Waals surface area contributed by atoms with E-state index in [4.69, 9.17) is 16.3 Å². The van der Waals surface area contributed by atoms with Crippen LogP contribution < -0.4 is 20.2 Å². The summed E-state index contributed by atoms with van der Waals surface area (Å²) in [5, 5.41) is 3.37. The van der Waals surface area contributed by atoms with Crippen molar-refractivity contribution in [3.05, 3.63) is 95.1 Å². The summed E-state index contributed by atoms with van der Waals surface area (Å²) in [4.78, 5) is 45.0. The molecule has 0 saturated heterocycles. The summed E-state index contributed by atoms with van der Waals surface area (Å²) in [7, 11) is 0. The zero-order valence-corrected chi connectivity index (χ0v) is 21.1. The Morgan fingerprint density at radius 2 is 1.86 bits per heavy atom. The highest BCUT2D eigenvalue weighted by atomic mass is 35.5. The van der Waals surface area contributed by atoms with E-state index in [1.54, 1.807) is 45.0 Å². The summed E-state index contributed by atoms with van der Waals surface area (Å²) < 4.78 is 7.26. The lowest BCUT2D eigenvalue weighted by Gasteiger charge is -2.25. The summed E-state index contributed by atoms with van der Waals surface area (Å²) in [5.74, 6) is -0.882. The summed E-state index contributed by atoms with van der Waals surface area (Å²) in [5.41, 5.74) is 3.65. The molecular formula is C26H22ClN3O4S. The maximum absolute atomic E-state index is 13.9. The molecule has 0 spiro atoms. The van der Waals surface area contributed by atoms with Crippen molar-refractivity contribution < 1.29 is 14.3 Å². The van der Waals surface area contributed by atoms with Crippen molar-refractivity contribution in [2.24, 2.45) is 4.99 Å². The van der Waals surface area contributed by atoms with Crippen molar-refractivity contribution >= 4 is 46.1 Å². The van der Waals surface area contributed by atoms with Crippen molar-refractivity contribution in [2.45, 2.75) is 39.8 Å². The van der Waals surface area contributed by atoms with Gasteiger partial charge in [-0.1, -0.05) is 46.7 Å². The van der Waals surface area contributed by atoms with E-state index in [0.29, 0.717) is 37.9 Å². The molecule has 5 rings (SSSR count). The first kappa shape index (κ1) is 23.3. The Labute approximate surface area is 210 Å². The average Bonchev–Trinajstić information content (AvgIpc) is 3.27. The van der Waals surface area contributed by atoms with Gasteiger partial charge < -0.3 is 10.1 Å². The fraction of sp³-hybridized carbons (Fsp3) is 0.231. The minimum atomic E-state index is -0.773. The summed E-state index contributed by atoms with van der Waals surface area (Å²) in [6.45, 7) is 7.18. The number of nitrogens with zero attached hydrogens (tertiary/aromatic N) is 2. The normalized spacial score (nSPS) is 18.2. The van der Waals surface area contributed by atoms with Crippen LogP contribution in [0.4, 0.5) is 5.69 Å². The summed E-state index contributed by atoms with van der Waals surface area (Å²) >= 11 is 7.25. The predicted molar refractivity (Wildman–Crippen MR) is 135 cm³/mol. The quantitative estimate of drug-likeness (QED) is 0.550. The van der Waals surface area contributed by atoms with Crippen LogP contribution in [-0.4, -0.2) is 22.5 Å². The van der Waals surface area contributed by atoms with Crippen molar-refractivity contribution in [3.63, 3.8) is 0 Å². The van der Waals surface area contributed by atoms with E-state index in [1.165, 1.54) is 4.57 Å². The Morgan fingerprint density at radius 1 is 1.14 bits per heavy atom. The number of hydrogen-bond acceptors (Lipinski definition) is 6. The lowest BCUT2D eigenvalue weighted by atomic mass is 9.96. The number of amides is 1. The molecule has 0 fully saturated rings. The Morgan fingerprint density at radius 3 is 2.54 bits per heavy atom. The van der Waals surface area contributed by atoms with E-state index in [1.807, 2.05) is 25.1 Å². The highest BCUT2D eigenvalue weighted by molar-refractivity contribution is 7.07. The predicted octanol–water partition coefficient (Wildman–Crippen LogP) is 3.47. The zero-order valence-electron chi connectivity index (χ0n) is 19.5. The molecule has 2 aromatic carbocycles.